The Labute approximate surface area is 96.9 Å². The first-order valence-electron chi connectivity index (χ1n) is 5.64. The van der Waals surface area contributed by atoms with E-state index in [-0.39, 0.29) is 16.6 Å². The van der Waals surface area contributed by atoms with Gasteiger partial charge in [0.2, 0.25) is 0 Å². The van der Waals surface area contributed by atoms with Crippen LogP contribution in [0.25, 0.3) is 0 Å². The van der Waals surface area contributed by atoms with Gasteiger partial charge in [-0.05, 0) is 24.3 Å². The van der Waals surface area contributed by atoms with Crippen LogP contribution in [0, 0.1) is 10.8 Å². The average Bonchev–Trinajstić information content (AvgIpc) is 2.50. The van der Waals surface area contributed by atoms with Crippen molar-refractivity contribution < 1.29 is 14.3 Å². The molecular formula is C13H20O3. The van der Waals surface area contributed by atoms with Crippen molar-refractivity contribution in [3.8, 4) is 0 Å². The zero-order valence-electron chi connectivity index (χ0n) is 10.5. The highest BCUT2D eigenvalue weighted by atomic mass is 16.5. The first kappa shape index (κ1) is 12.9. The normalized spacial score (nSPS) is 28.2. The number of hydrogen-bond acceptors (Lipinski definition) is 3. The van der Waals surface area contributed by atoms with Crippen molar-refractivity contribution in [3.05, 3.63) is 12.2 Å². The number of ether oxygens (including phenoxy) is 1. The van der Waals surface area contributed by atoms with E-state index in [1.807, 2.05) is 6.92 Å². The summed E-state index contributed by atoms with van der Waals surface area (Å²) in [5, 5.41) is 0. The second-order valence-corrected chi connectivity index (χ2v) is 5.29. The molecule has 1 fully saturated rings. The lowest BCUT2D eigenvalue weighted by atomic mass is 9.67. The SMILES string of the molecule is COC(=O)/C=C/C(=O)C1(C)CCCC1(C)C. The van der Waals surface area contributed by atoms with Crippen molar-refractivity contribution >= 4 is 11.8 Å². The Hall–Kier alpha value is -1.12. The predicted octanol–water partition coefficient (Wildman–Crippen LogP) is 2.50. The van der Waals surface area contributed by atoms with Gasteiger partial charge in [-0.2, -0.15) is 0 Å². The van der Waals surface area contributed by atoms with E-state index in [0.29, 0.717) is 0 Å². The summed E-state index contributed by atoms with van der Waals surface area (Å²) in [7, 11) is 1.30. The third-order valence-electron chi connectivity index (χ3n) is 4.09. The number of rotatable bonds is 3. The predicted molar refractivity (Wildman–Crippen MR) is 61.9 cm³/mol. The lowest BCUT2D eigenvalue weighted by Gasteiger charge is -2.36. The van der Waals surface area contributed by atoms with E-state index < -0.39 is 5.97 Å². The van der Waals surface area contributed by atoms with E-state index in [0.717, 1.165) is 19.3 Å². The quantitative estimate of drug-likeness (QED) is 0.546. The van der Waals surface area contributed by atoms with Crippen molar-refractivity contribution in [3.63, 3.8) is 0 Å². The molecule has 0 aromatic rings. The summed E-state index contributed by atoms with van der Waals surface area (Å²) >= 11 is 0. The molecule has 1 aliphatic rings. The van der Waals surface area contributed by atoms with Crippen LogP contribution in [-0.4, -0.2) is 18.9 Å². The zero-order valence-corrected chi connectivity index (χ0v) is 10.5. The van der Waals surface area contributed by atoms with Crippen LogP contribution >= 0.6 is 0 Å². The van der Waals surface area contributed by atoms with E-state index in [1.54, 1.807) is 0 Å². The molecule has 1 rings (SSSR count). The molecule has 0 saturated heterocycles. The van der Waals surface area contributed by atoms with Crippen LogP contribution in [0.4, 0.5) is 0 Å². The molecule has 3 nitrogen and oxygen atoms in total. The molecule has 0 radical (unpaired) electrons. The molecule has 1 atom stereocenters. The van der Waals surface area contributed by atoms with Gasteiger partial charge in [0.25, 0.3) is 0 Å². The number of allylic oxidation sites excluding steroid dienone is 1. The van der Waals surface area contributed by atoms with Crippen molar-refractivity contribution in [1.29, 1.82) is 0 Å². The molecule has 1 saturated carbocycles. The number of ketones is 1. The van der Waals surface area contributed by atoms with Crippen molar-refractivity contribution in [2.75, 3.05) is 7.11 Å². The van der Waals surface area contributed by atoms with Gasteiger partial charge >= 0.3 is 5.97 Å². The Kier molecular flexibility index (Phi) is 3.56. The van der Waals surface area contributed by atoms with Crippen LogP contribution < -0.4 is 0 Å². The van der Waals surface area contributed by atoms with E-state index >= 15 is 0 Å². The molecule has 0 bridgehead atoms. The number of esters is 1. The molecule has 90 valence electrons. The monoisotopic (exact) mass is 224 g/mol. The Morgan fingerprint density at radius 2 is 1.75 bits per heavy atom. The highest BCUT2D eigenvalue weighted by Gasteiger charge is 2.49. The standard InChI is InChI=1S/C13H20O3/c1-12(2)8-5-9-13(12,3)10(14)6-7-11(15)16-4/h6-7H,5,8-9H2,1-4H3/b7-6+. The molecule has 0 aliphatic heterocycles. The van der Waals surface area contributed by atoms with Gasteiger partial charge in [0.05, 0.1) is 7.11 Å². The summed E-state index contributed by atoms with van der Waals surface area (Å²) in [5.41, 5.74) is -0.345. The first-order chi connectivity index (χ1) is 7.33. The Bertz CT molecular complexity index is 328. The van der Waals surface area contributed by atoms with Gasteiger partial charge in [0.1, 0.15) is 0 Å². The minimum Gasteiger partial charge on any atom is -0.466 e. The van der Waals surface area contributed by atoms with Crippen LogP contribution in [0.1, 0.15) is 40.0 Å². The number of carbonyl (C=O) groups is 2. The average molecular weight is 224 g/mol. The molecule has 3 heteroatoms. The van der Waals surface area contributed by atoms with E-state index in [1.165, 1.54) is 19.3 Å². The van der Waals surface area contributed by atoms with Crippen molar-refractivity contribution in [2.24, 2.45) is 10.8 Å². The molecule has 1 aliphatic carbocycles. The summed E-state index contributed by atoms with van der Waals surface area (Å²) in [6.07, 6.45) is 5.59. The highest BCUT2D eigenvalue weighted by molar-refractivity contribution is 5.99. The van der Waals surface area contributed by atoms with Crippen LogP contribution in [-0.2, 0) is 14.3 Å². The Morgan fingerprint density at radius 3 is 2.19 bits per heavy atom. The molecule has 0 heterocycles. The molecule has 0 spiro atoms. The molecule has 16 heavy (non-hydrogen) atoms. The molecular weight excluding hydrogens is 204 g/mol. The lowest BCUT2D eigenvalue weighted by molar-refractivity contribution is -0.135. The summed E-state index contributed by atoms with van der Waals surface area (Å²) < 4.78 is 4.47. The van der Waals surface area contributed by atoms with Crippen LogP contribution in [0.15, 0.2) is 12.2 Å². The maximum Gasteiger partial charge on any atom is 0.330 e. The number of carbonyl (C=O) groups excluding carboxylic acids is 2. The van der Waals surface area contributed by atoms with Gasteiger partial charge in [-0.25, -0.2) is 4.79 Å². The van der Waals surface area contributed by atoms with Gasteiger partial charge < -0.3 is 4.74 Å². The fraction of sp³-hybridized carbons (Fsp3) is 0.692. The summed E-state index contributed by atoms with van der Waals surface area (Å²) in [4.78, 5) is 23.0. The molecule has 0 N–H and O–H groups in total. The fourth-order valence-corrected chi connectivity index (χ4v) is 2.35. The molecule has 0 aromatic heterocycles. The van der Waals surface area contributed by atoms with Gasteiger partial charge in [0, 0.05) is 11.5 Å². The van der Waals surface area contributed by atoms with Gasteiger partial charge in [0.15, 0.2) is 5.78 Å². The number of hydrogen-bond donors (Lipinski definition) is 0. The summed E-state index contributed by atoms with van der Waals surface area (Å²) in [6.45, 7) is 6.22. The molecule has 0 aromatic carbocycles. The van der Waals surface area contributed by atoms with Crippen LogP contribution in [0.2, 0.25) is 0 Å². The smallest absolute Gasteiger partial charge is 0.330 e. The molecule has 1 unspecified atom stereocenters. The van der Waals surface area contributed by atoms with Crippen LogP contribution in [0.5, 0.6) is 0 Å². The second-order valence-electron chi connectivity index (χ2n) is 5.29. The largest absolute Gasteiger partial charge is 0.466 e. The second kappa shape index (κ2) is 4.40. The van der Waals surface area contributed by atoms with E-state index in [9.17, 15) is 9.59 Å². The Balaban J connectivity index is 2.81. The third kappa shape index (κ3) is 2.18. The first-order valence-corrected chi connectivity index (χ1v) is 5.64. The lowest BCUT2D eigenvalue weighted by Crippen LogP contribution is -2.36. The van der Waals surface area contributed by atoms with Crippen molar-refractivity contribution in [2.45, 2.75) is 40.0 Å². The van der Waals surface area contributed by atoms with Gasteiger partial charge in [-0.15, -0.1) is 0 Å². The minimum atomic E-state index is -0.479. The van der Waals surface area contributed by atoms with E-state index in [2.05, 4.69) is 18.6 Å². The zero-order chi connectivity index (χ0) is 12.4. The van der Waals surface area contributed by atoms with E-state index in [4.69, 9.17) is 0 Å². The summed E-state index contributed by atoms with van der Waals surface area (Å²) in [5.74, 6) is -0.451. The third-order valence-corrected chi connectivity index (χ3v) is 4.09. The van der Waals surface area contributed by atoms with Crippen LogP contribution in [0.3, 0.4) is 0 Å². The van der Waals surface area contributed by atoms with Gasteiger partial charge in [-0.1, -0.05) is 27.2 Å². The topological polar surface area (TPSA) is 43.4 Å². The summed E-state index contributed by atoms with van der Waals surface area (Å²) in [6, 6.07) is 0. The minimum absolute atomic E-state index is 0.00451. The fourth-order valence-electron chi connectivity index (χ4n) is 2.35. The maximum absolute atomic E-state index is 12.1. The van der Waals surface area contributed by atoms with Crippen molar-refractivity contribution in [1.82, 2.24) is 0 Å². The van der Waals surface area contributed by atoms with Gasteiger partial charge in [-0.3, -0.25) is 4.79 Å². The Morgan fingerprint density at radius 1 is 1.12 bits per heavy atom. The maximum atomic E-state index is 12.1. The molecule has 0 amide bonds. The highest BCUT2D eigenvalue weighted by Crippen LogP contribution is 2.52. The number of methoxy groups -OCH3 is 1.